The molecule has 1 atom stereocenters. The lowest BCUT2D eigenvalue weighted by molar-refractivity contribution is -0.385. The summed E-state index contributed by atoms with van der Waals surface area (Å²) in [6.45, 7) is 1.59. The number of aryl methyl sites for hydroxylation is 1. The molecule has 3 aromatic rings. The van der Waals surface area contributed by atoms with Gasteiger partial charge >= 0.3 is 0 Å². The van der Waals surface area contributed by atoms with Gasteiger partial charge in [0.2, 0.25) is 0 Å². The Balaban J connectivity index is 1.77. The zero-order valence-electron chi connectivity index (χ0n) is 13.2. The molecule has 0 fully saturated rings. The molecular formula is C17H18N4O3. The van der Waals surface area contributed by atoms with Gasteiger partial charge in [-0.1, -0.05) is 18.2 Å². The Morgan fingerprint density at radius 1 is 1.42 bits per heavy atom. The van der Waals surface area contributed by atoms with Gasteiger partial charge in [-0.15, -0.1) is 0 Å². The van der Waals surface area contributed by atoms with Crippen LogP contribution in [-0.2, 0) is 6.42 Å². The Morgan fingerprint density at radius 3 is 2.92 bits per heavy atom. The first-order chi connectivity index (χ1) is 11.6. The van der Waals surface area contributed by atoms with Crippen molar-refractivity contribution in [3.05, 3.63) is 64.0 Å². The molecule has 0 saturated carbocycles. The maximum absolute atomic E-state index is 10.8. The summed E-state index contributed by atoms with van der Waals surface area (Å²) in [5.74, 6) is 0.511. The van der Waals surface area contributed by atoms with E-state index >= 15 is 0 Å². The molecule has 0 amide bonds. The summed E-state index contributed by atoms with van der Waals surface area (Å²) in [4.78, 5) is 17.7. The van der Waals surface area contributed by atoms with Gasteiger partial charge < -0.3 is 15.4 Å². The molecule has 0 saturated heterocycles. The van der Waals surface area contributed by atoms with Crippen molar-refractivity contribution in [1.29, 1.82) is 0 Å². The number of anilines is 1. The minimum atomic E-state index is -0.457. The monoisotopic (exact) mass is 326 g/mol. The summed E-state index contributed by atoms with van der Waals surface area (Å²) in [6.07, 6.45) is 3.78. The standard InChI is InChI=1S/C17H18N4O3/c1-11-6-17(19-9-16(11)21(23)24)20-13(10-22)7-12-8-18-15-5-3-2-4-14(12)15/h2-6,8-9,13,18,22H,7,10H2,1H3,(H,19,20). The topological polar surface area (TPSA) is 104 Å². The van der Waals surface area contributed by atoms with Crippen LogP contribution < -0.4 is 5.32 Å². The van der Waals surface area contributed by atoms with Gasteiger partial charge in [0, 0.05) is 22.7 Å². The van der Waals surface area contributed by atoms with E-state index in [1.54, 1.807) is 13.0 Å². The third-order valence-electron chi connectivity index (χ3n) is 3.99. The third kappa shape index (κ3) is 3.21. The number of aromatic amines is 1. The van der Waals surface area contributed by atoms with E-state index in [1.807, 2.05) is 30.5 Å². The van der Waals surface area contributed by atoms with Gasteiger partial charge in [0.25, 0.3) is 5.69 Å². The molecule has 24 heavy (non-hydrogen) atoms. The average Bonchev–Trinajstić information content (AvgIpc) is 2.97. The van der Waals surface area contributed by atoms with Crippen molar-refractivity contribution in [3.8, 4) is 0 Å². The number of rotatable bonds is 6. The van der Waals surface area contributed by atoms with Gasteiger partial charge in [-0.05, 0) is 31.0 Å². The minimum Gasteiger partial charge on any atom is -0.394 e. The molecule has 3 rings (SSSR count). The van der Waals surface area contributed by atoms with E-state index in [9.17, 15) is 15.2 Å². The second-order valence-corrected chi connectivity index (χ2v) is 5.70. The highest BCUT2D eigenvalue weighted by Gasteiger charge is 2.15. The first-order valence-corrected chi connectivity index (χ1v) is 7.62. The van der Waals surface area contributed by atoms with Crippen LogP contribution in [0.25, 0.3) is 10.9 Å². The Morgan fingerprint density at radius 2 is 2.21 bits per heavy atom. The number of para-hydroxylation sites is 1. The predicted molar refractivity (Wildman–Crippen MR) is 92.1 cm³/mol. The summed E-state index contributed by atoms with van der Waals surface area (Å²) in [5, 5.41) is 24.8. The first kappa shape index (κ1) is 15.9. The molecule has 3 N–H and O–H groups in total. The molecule has 0 aliphatic heterocycles. The number of pyridine rings is 1. The molecule has 124 valence electrons. The molecule has 0 radical (unpaired) electrons. The lowest BCUT2D eigenvalue weighted by Gasteiger charge is -2.17. The fourth-order valence-corrected chi connectivity index (χ4v) is 2.76. The molecule has 7 nitrogen and oxygen atoms in total. The average molecular weight is 326 g/mol. The maximum Gasteiger partial charge on any atom is 0.290 e. The smallest absolute Gasteiger partial charge is 0.290 e. The predicted octanol–water partition coefficient (Wildman–Crippen LogP) is 2.80. The normalized spacial score (nSPS) is 12.2. The Kier molecular flexibility index (Phi) is 4.43. The zero-order chi connectivity index (χ0) is 17.1. The van der Waals surface area contributed by atoms with E-state index in [0.29, 0.717) is 17.8 Å². The maximum atomic E-state index is 10.8. The van der Waals surface area contributed by atoms with Crippen LogP contribution in [-0.4, -0.2) is 32.6 Å². The summed E-state index contributed by atoms with van der Waals surface area (Å²) >= 11 is 0. The van der Waals surface area contributed by atoms with Crippen LogP contribution >= 0.6 is 0 Å². The Bertz CT molecular complexity index is 875. The SMILES string of the molecule is Cc1cc(NC(CO)Cc2c[nH]c3ccccc23)ncc1[N+](=O)[O-]. The van der Waals surface area contributed by atoms with Gasteiger partial charge in [0.05, 0.1) is 17.6 Å². The van der Waals surface area contributed by atoms with Crippen molar-refractivity contribution in [2.24, 2.45) is 0 Å². The number of aliphatic hydroxyl groups is 1. The van der Waals surface area contributed by atoms with Gasteiger partial charge in [0.1, 0.15) is 12.0 Å². The molecule has 0 bridgehead atoms. The van der Waals surface area contributed by atoms with Crippen LogP contribution in [0.1, 0.15) is 11.1 Å². The Hall–Kier alpha value is -2.93. The van der Waals surface area contributed by atoms with Crippen molar-refractivity contribution < 1.29 is 10.0 Å². The van der Waals surface area contributed by atoms with E-state index in [0.717, 1.165) is 16.5 Å². The molecular weight excluding hydrogens is 308 g/mol. The number of nitrogens with one attached hydrogen (secondary N) is 2. The van der Waals surface area contributed by atoms with E-state index in [2.05, 4.69) is 15.3 Å². The van der Waals surface area contributed by atoms with Crippen molar-refractivity contribution in [2.45, 2.75) is 19.4 Å². The number of hydrogen-bond donors (Lipinski definition) is 3. The minimum absolute atomic E-state index is 0.0160. The highest BCUT2D eigenvalue weighted by molar-refractivity contribution is 5.83. The van der Waals surface area contributed by atoms with Gasteiger partial charge in [0.15, 0.2) is 0 Å². The number of fused-ring (bicyclic) bond motifs is 1. The third-order valence-corrected chi connectivity index (χ3v) is 3.99. The lowest BCUT2D eigenvalue weighted by Crippen LogP contribution is -2.26. The molecule has 0 spiro atoms. The van der Waals surface area contributed by atoms with Crippen LogP contribution in [0.15, 0.2) is 42.7 Å². The fourth-order valence-electron chi connectivity index (χ4n) is 2.76. The summed E-state index contributed by atoms with van der Waals surface area (Å²) in [5.41, 5.74) is 2.66. The Labute approximate surface area is 138 Å². The van der Waals surface area contributed by atoms with Gasteiger partial charge in [-0.3, -0.25) is 10.1 Å². The molecule has 0 aliphatic rings. The first-order valence-electron chi connectivity index (χ1n) is 7.62. The molecule has 7 heteroatoms. The second kappa shape index (κ2) is 6.67. The number of aromatic nitrogens is 2. The zero-order valence-corrected chi connectivity index (χ0v) is 13.2. The molecule has 0 aliphatic carbocycles. The molecule has 1 aromatic carbocycles. The highest BCUT2D eigenvalue weighted by Crippen LogP contribution is 2.22. The summed E-state index contributed by atoms with van der Waals surface area (Å²) < 4.78 is 0. The van der Waals surface area contributed by atoms with Crippen LogP contribution in [0, 0.1) is 17.0 Å². The highest BCUT2D eigenvalue weighted by atomic mass is 16.6. The van der Waals surface area contributed by atoms with Crippen molar-refractivity contribution in [2.75, 3.05) is 11.9 Å². The number of hydrogen-bond acceptors (Lipinski definition) is 5. The van der Waals surface area contributed by atoms with Crippen LogP contribution in [0.4, 0.5) is 11.5 Å². The number of nitrogens with zero attached hydrogens (tertiary/aromatic N) is 2. The van der Waals surface area contributed by atoms with E-state index in [1.165, 1.54) is 6.20 Å². The second-order valence-electron chi connectivity index (χ2n) is 5.70. The lowest BCUT2D eigenvalue weighted by atomic mass is 10.1. The summed E-state index contributed by atoms with van der Waals surface area (Å²) in [6, 6.07) is 9.36. The van der Waals surface area contributed by atoms with Crippen molar-refractivity contribution in [3.63, 3.8) is 0 Å². The van der Waals surface area contributed by atoms with E-state index in [-0.39, 0.29) is 18.3 Å². The molecule has 1 unspecified atom stereocenters. The van der Waals surface area contributed by atoms with E-state index in [4.69, 9.17) is 0 Å². The number of benzene rings is 1. The van der Waals surface area contributed by atoms with E-state index < -0.39 is 4.92 Å². The van der Waals surface area contributed by atoms with Gasteiger partial charge in [-0.2, -0.15) is 0 Å². The van der Waals surface area contributed by atoms with Crippen molar-refractivity contribution >= 4 is 22.4 Å². The molecule has 2 aromatic heterocycles. The van der Waals surface area contributed by atoms with Gasteiger partial charge in [-0.25, -0.2) is 4.98 Å². The number of H-pyrrole nitrogens is 1. The molecule has 2 heterocycles. The number of nitro groups is 1. The number of aliphatic hydroxyl groups excluding tert-OH is 1. The van der Waals surface area contributed by atoms with Crippen molar-refractivity contribution in [1.82, 2.24) is 9.97 Å². The fraction of sp³-hybridized carbons (Fsp3) is 0.235. The van der Waals surface area contributed by atoms with Crippen LogP contribution in [0.5, 0.6) is 0 Å². The largest absolute Gasteiger partial charge is 0.394 e. The van der Waals surface area contributed by atoms with Crippen LogP contribution in [0.2, 0.25) is 0 Å². The summed E-state index contributed by atoms with van der Waals surface area (Å²) in [7, 11) is 0. The quantitative estimate of drug-likeness (QED) is 0.477. The van der Waals surface area contributed by atoms with Crippen LogP contribution in [0.3, 0.4) is 0 Å².